The molecule has 0 amide bonds. The number of aromatic hydroxyl groups is 1. The number of likely N-dealkylation sites (N-methyl/N-ethyl adjacent to an activating group) is 1. The number of hydrogen-bond acceptors (Lipinski definition) is 4. The van der Waals surface area contributed by atoms with E-state index in [9.17, 15) is 14.3 Å². The van der Waals surface area contributed by atoms with Crippen molar-refractivity contribution in [1.29, 1.82) is 0 Å². The normalized spacial score (nSPS) is 11.2. The lowest BCUT2D eigenvalue weighted by Gasteiger charge is -2.13. The highest BCUT2D eigenvalue weighted by Crippen LogP contribution is 2.22. The Morgan fingerprint density at radius 1 is 1.24 bits per heavy atom. The second-order valence-corrected chi connectivity index (χ2v) is 6.06. The highest BCUT2D eigenvalue weighted by molar-refractivity contribution is 6.07. The molecule has 0 saturated heterocycles. The van der Waals surface area contributed by atoms with Crippen molar-refractivity contribution < 1.29 is 19.0 Å². The Labute approximate surface area is 147 Å². The highest BCUT2D eigenvalue weighted by Gasteiger charge is 2.08. The van der Waals surface area contributed by atoms with Crippen LogP contribution in [0.2, 0.25) is 0 Å². The monoisotopic (exact) mass is 343 g/mol. The second-order valence-electron chi connectivity index (χ2n) is 6.06. The first-order valence-corrected chi connectivity index (χ1v) is 7.96. The third-order valence-corrected chi connectivity index (χ3v) is 3.61. The molecule has 25 heavy (non-hydrogen) atoms. The third-order valence-electron chi connectivity index (χ3n) is 3.61. The predicted octanol–water partition coefficient (Wildman–Crippen LogP) is 3.68. The van der Waals surface area contributed by atoms with Crippen LogP contribution in [0.15, 0.2) is 42.5 Å². The average Bonchev–Trinajstić information content (AvgIpc) is 2.56. The van der Waals surface area contributed by atoms with Crippen LogP contribution >= 0.6 is 0 Å². The van der Waals surface area contributed by atoms with Gasteiger partial charge in [0.05, 0.1) is 0 Å². The number of nitrogens with zero attached hydrogens (tertiary/aromatic N) is 1. The summed E-state index contributed by atoms with van der Waals surface area (Å²) in [4.78, 5) is 14.2. The topological polar surface area (TPSA) is 49.8 Å². The summed E-state index contributed by atoms with van der Waals surface area (Å²) >= 11 is 0. The molecule has 0 aliphatic rings. The number of phenols is 1. The van der Waals surface area contributed by atoms with Gasteiger partial charge in [-0.1, -0.05) is 11.6 Å². The van der Waals surface area contributed by atoms with Crippen molar-refractivity contribution in [2.45, 2.75) is 6.92 Å². The van der Waals surface area contributed by atoms with Gasteiger partial charge in [-0.3, -0.25) is 4.79 Å². The molecule has 1 N–H and O–H groups in total. The first kappa shape index (κ1) is 18.7. The number of benzene rings is 2. The van der Waals surface area contributed by atoms with Crippen LogP contribution in [-0.4, -0.2) is 43.0 Å². The van der Waals surface area contributed by atoms with Crippen LogP contribution in [0.1, 0.15) is 21.5 Å². The number of ketones is 1. The van der Waals surface area contributed by atoms with Crippen molar-refractivity contribution in [3.05, 3.63) is 65.0 Å². The Morgan fingerprint density at radius 3 is 2.68 bits per heavy atom. The quantitative estimate of drug-likeness (QED) is 0.615. The molecule has 0 aliphatic carbocycles. The Hall–Kier alpha value is -2.66. The first-order valence-electron chi connectivity index (χ1n) is 7.96. The maximum absolute atomic E-state index is 13.4. The number of carbonyl (C=O) groups excluding carboxylic acids is 1. The fourth-order valence-corrected chi connectivity index (χ4v) is 2.19. The third kappa shape index (κ3) is 5.43. The van der Waals surface area contributed by atoms with Crippen molar-refractivity contribution >= 4 is 11.9 Å². The standard InChI is InChI=1S/C20H22FNO3/c1-14-4-9-20(25-11-10-22(2)3)16(12-14)6-7-18(23)15-5-8-19(24)17(21)13-15/h4-9,12-13,24H,10-11H2,1-3H3. The van der Waals surface area contributed by atoms with Crippen LogP contribution in [0.3, 0.4) is 0 Å². The van der Waals surface area contributed by atoms with Gasteiger partial charge < -0.3 is 14.7 Å². The van der Waals surface area contributed by atoms with Crippen LogP contribution in [0.25, 0.3) is 6.08 Å². The van der Waals surface area contributed by atoms with Gasteiger partial charge in [0.2, 0.25) is 0 Å². The van der Waals surface area contributed by atoms with E-state index >= 15 is 0 Å². The number of ether oxygens (including phenoxy) is 1. The fraction of sp³-hybridized carbons (Fsp3) is 0.250. The molecule has 0 aromatic heterocycles. The minimum atomic E-state index is -0.817. The number of carbonyl (C=O) groups is 1. The zero-order valence-electron chi connectivity index (χ0n) is 14.6. The summed E-state index contributed by atoms with van der Waals surface area (Å²) in [6.07, 6.45) is 3.03. The van der Waals surface area contributed by atoms with Crippen LogP contribution < -0.4 is 4.74 Å². The summed E-state index contributed by atoms with van der Waals surface area (Å²) in [7, 11) is 3.93. The van der Waals surface area contributed by atoms with Gasteiger partial charge in [0, 0.05) is 17.7 Å². The molecule has 0 fully saturated rings. The predicted molar refractivity (Wildman–Crippen MR) is 96.7 cm³/mol. The molecular weight excluding hydrogens is 321 g/mol. The zero-order valence-corrected chi connectivity index (χ0v) is 14.6. The molecule has 132 valence electrons. The second kappa shape index (κ2) is 8.44. The van der Waals surface area contributed by atoms with Crippen LogP contribution in [-0.2, 0) is 0 Å². The summed E-state index contributed by atoms with van der Waals surface area (Å²) in [6.45, 7) is 3.27. The Kier molecular flexibility index (Phi) is 6.31. The van der Waals surface area contributed by atoms with E-state index in [1.54, 1.807) is 6.08 Å². The molecule has 2 rings (SSSR count). The van der Waals surface area contributed by atoms with Crippen molar-refractivity contribution in [3.8, 4) is 11.5 Å². The molecule has 0 saturated carbocycles. The molecule has 0 bridgehead atoms. The lowest BCUT2D eigenvalue weighted by atomic mass is 10.1. The molecule has 0 spiro atoms. The molecule has 2 aromatic rings. The number of aryl methyl sites for hydroxylation is 1. The number of hydrogen-bond donors (Lipinski definition) is 1. The zero-order chi connectivity index (χ0) is 18.4. The first-order chi connectivity index (χ1) is 11.9. The van der Waals surface area contributed by atoms with Crippen molar-refractivity contribution in [2.75, 3.05) is 27.2 Å². The van der Waals surface area contributed by atoms with E-state index in [4.69, 9.17) is 4.74 Å². The Balaban J connectivity index is 2.16. The van der Waals surface area contributed by atoms with Crippen molar-refractivity contribution in [1.82, 2.24) is 4.90 Å². The van der Waals surface area contributed by atoms with Crippen LogP contribution in [0.5, 0.6) is 11.5 Å². The molecule has 0 unspecified atom stereocenters. The van der Waals surface area contributed by atoms with Crippen LogP contribution in [0.4, 0.5) is 4.39 Å². The van der Waals surface area contributed by atoms with Gasteiger partial charge in [0.15, 0.2) is 17.3 Å². The van der Waals surface area contributed by atoms with Gasteiger partial charge in [-0.05, 0) is 63.5 Å². The van der Waals surface area contributed by atoms with E-state index in [1.165, 1.54) is 18.2 Å². The molecular formula is C20H22FNO3. The maximum atomic E-state index is 13.4. The van der Waals surface area contributed by atoms with Crippen molar-refractivity contribution in [2.24, 2.45) is 0 Å². The largest absolute Gasteiger partial charge is 0.505 e. The summed E-state index contributed by atoms with van der Waals surface area (Å²) in [5, 5.41) is 9.20. The minimum Gasteiger partial charge on any atom is -0.505 e. The molecule has 0 aliphatic heterocycles. The van der Waals surface area contributed by atoms with Gasteiger partial charge in [0.1, 0.15) is 12.4 Å². The smallest absolute Gasteiger partial charge is 0.185 e. The van der Waals surface area contributed by atoms with Crippen molar-refractivity contribution in [3.63, 3.8) is 0 Å². The highest BCUT2D eigenvalue weighted by atomic mass is 19.1. The van der Waals surface area contributed by atoms with Gasteiger partial charge in [-0.25, -0.2) is 4.39 Å². The van der Waals surface area contributed by atoms with E-state index < -0.39 is 11.6 Å². The Bertz CT molecular complexity index is 785. The summed E-state index contributed by atoms with van der Waals surface area (Å²) in [5.41, 5.74) is 2.00. The van der Waals surface area contributed by atoms with Gasteiger partial charge in [-0.2, -0.15) is 0 Å². The summed E-state index contributed by atoms with van der Waals surface area (Å²) in [6, 6.07) is 9.31. The van der Waals surface area contributed by atoms with E-state index in [0.717, 1.165) is 23.7 Å². The maximum Gasteiger partial charge on any atom is 0.185 e. The lowest BCUT2D eigenvalue weighted by molar-refractivity contribution is 0.104. The minimum absolute atomic E-state index is 0.175. The molecule has 0 atom stereocenters. The molecule has 4 nitrogen and oxygen atoms in total. The lowest BCUT2D eigenvalue weighted by Crippen LogP contribution is -2.19. The van der Waals surface area contributed by atoms with E-state index in [2.05, 4.69) is 0 Å². The Morgan fingerprint density at radius 2 is 2.00 bits per heavy atom. The number of allylic oxidation sites excluding steroid dienone is 1. The molecule has 5 heteroatoms. The van der Waals surface area contributed by atoms with Gasteiger partial charge in [0.25, 0.3) is 0 Å². The number of rotatable bonds is 7. The fourth-order valence-electron chi connectivity index (χ4n) is 2.19. The van der Waals surface area contributed by atoms with Crippen LogP contribution in [0, 0.1) is 12.7 Å². The SMILES string of the molecule is Cc1ccc(OCCN(C)C)c(C=CC(=O)c2ccc(O)c(F)c2)c1. The summed E-state index contributed by atoms with van der Waals surface area (Å²) < 4.78 is 19.2. The van der Waals surface area contributed by atoms with E-state index in [1.807, 2.05) is 44.1 Å². The van der Waals surface area contributed by atoms with Gasteiger partial charge in [-0.15, -0.1) is 0 Å². The van der Waals surface area contributed by atoms with E-state index in [0.29, 0.717) is 12.4 Å². The molecule has 0 radical (unpaired) electrons. The molecule has 0 heterocycles. The number of phenolic OH excluding ortho intramolecular Hbond substituents is 1. The van der Waals surface area contributed by atoms with Gasteiger partial charge >= 0.3 is 0 Å². The molecule has 2 aromatic carbocycles. The number of halogens is 1. The average molecular weight is 343 g/mol. The summed E-state index contributed by atoms with van der Waals surface area (Å²) in [5.74, 6) is -0.952. The van der Waals surface area contributed by atoms with E-state index in [-0.39, 0.29) is 11.3 Å².